The third-order valence-electron chi connectivity index (χ3n) is 6.97. The van der Waals surface area contributed by atoms with Gasteiger partial charge in [0.05, 0.1) is 20.6 Å². The number of benzene rings is 3. The first-order valence-corrected chi connectivity index (χ1v) is 15.5. The fourth-order valence-electron chi connectivity index (χ4n) is 4.67. The second-order valence-corrected chi connectivity index (χ2v) is 12.8. The van der Waals surface area contributed by atoms with Gasteiger partial charge in [-0.25, -0.2) is 8.42 Å². The molecule has 1 fully saturated rings. The van der Waals surface area contributed by atoms with Crippen molar-refractivity contribution in [1.82, 2.24) is 10.2 Å². The number of amides is 2. The molecule has 4 rings (SSSR count). The minimum atomic E-state index is -4.20. The molecule has 2 amide bonds. The van der Waals surface area contributed by atoms with Crippen molar-refractivity contribution in [2.75, 3.05) is 10.8 Å². The molecule has 0 spiro atoms. The lowest BCUT2D eigenvalue weighted by atomic mass is 10.1. The number of anilines is 1. The summed E-state index contributed by atoms with van der Waals surface area (Å²) < 4.78 is 28.6. The Morgan fingerprint density at radius 1 is 0.900 bits per heavy atom. The minimum Gasteiger partial charge on any atom is -0.352 e. The molecule has 0 bridgehead atoms. The van der Waals surface area contributed by atoms with Crippen molar-refractivity contribution in [1.29, 1.82) is 0 Å². The van der Waals surface area contributed by atoms with Gasteiger partial charge in [0.2, 0.25) is 11.8 Å². The first-order chi connectivity index (χ1) is 19.1. The van der Waals surface area contributed by atoms with Gasteiger partial charge in [-0.3, -0.25) is 13.9 Å². The van der Waals surface area contributed by atoms with Gasteiger partial charge in [0.25, 0.3) is 10.0 Å². The van der Waals surface area contributed by atoms with Crippen LogP contribution in [0.5, 0.6) is 0 Å². The highest BCUT2D eigenvalue weighted by atomic mass is 35.5. The molecule has 0 aliphatic heterocycles. The first kappa shape index (κ1) is 30.2. The standard InChI is InChI=1S/C29H30Cl3N3O4S/c1-20(29(37)33-22-10-6-7-11-22)34(18-21-9-5-8-14-25(21)30)28(36)19-35(23-15-16-26(31)27(32)17-23)40(38,39)24-12-3-2-4-13-24/h2-5,8-9,12-17,20,22H,6-7,10-11,18-19H2,1H3,(H,33,37)/t20-/m0/s1. The monoisotopic (exact) mass is 621 g/mol. The molecule has 1 N–H and O–H groups in total. The second-order valence-electron chi connectivity index (χ2n) is 9.70. The third-order valence-corrected chi connectivity index (χ3v) is 9.86. The number of rotatable bonds is 10. The zero-order chi connectivity index (χ0) is 28.9. The van der Waals surface area contributed by atoms with Gasteiger partial charge in [0.15, 0.2) is 0 Å². The summed E-state index contributed by atoms with van der Waals surface area (Å²) in [5, 5.41) is 3.85. The van der Waals surface area contributed by atoms with E-state index in [4.69, 9.17) is 34.8 Å². The van der Waals surface area contributed by atoms with Crippen molar-refractivity contribution in [2.24, 2.45) is 0 Å². The Balaban J connectivity index is 1.70. The molecule has 3 aromatic rings. The number of hydrogen-bond acceptors (Lipinski definition) is 4. The molecule has 1 atom stereocenters. The molecule has 0 unspecified atom stereocenters. The van der Waals surface area contributed by atoms with Gasteiger partial charge < -0.3 is 10.2 Å². The summed E-state index contributed by atoms with van der Waals surface area (Å²) in [6.45, 7) is 1.06. The smallest absolute Gasteiger partial charge is 0.264 e. The summed E-state index contributed by atoms with van der Waals surface area (Å²) >= 11 is 18.7. The van der Waals surface area contributed by atoms with Crippen LogP contribution >= 0.6 is 34.8 Å². The number of carbonyl (C=O) groups excluding carboxylic acids is 2. The highest BCUT2D eigenvalue weighted by Crippen LogP contribution is 2.31. The van der Waals surface area contributed by atoms with Crippen LogP contribution in [0.3, 0.4) is 0 Å². The van der Waals surface area contributed by atoms with E-state index in [9.17, 15) is 18.0 Å². The molecule has 40 heavy (non-hydrogen) atoms. The molecule has 3 aromatic carbocycles. The Bertz CT molecular complexity index is 1460. The largest absolute Gasteiger partial charge is 0.352 e. The number of sulfonamides is 1. The van der Waals surface area contributed by atoms with Crippen LogP contribution in [0.1, 0.15) is 38.2 Å². The lowest BCUT2D eigenvalue weighted by Crippen LogP contribution is -2.52. The maximum atomic E-state index is 14.0. The summed E-state index contributed by atoms with van der Waals surface area (Å²) in [4.78, 5) is 28.6. The molecule has 1 aliphatic carbocycles. The maximum Gasteiger partial charge on any atom is 0.264 e. The molecule has 11 heteroatoms. The van der Waals surface area contributed by atoms with Gasteiger partial charge in [0, 0.05) is 17.6 Å². The van der Waals surface area contributed by atoms with Crippen molar-refractivity contribution in [2.45, 2.75) is 56.1 Å². The van der Waals surface area contributed by atoms with Gasteiger partial charge in [0.1, 0.15) is 12.6 Å². The average molecular weight is 623 g/mol. The van der Waals surface area contributed by atoms with Crippen LogP contribution in [0.15, 0.2) is 77.7 Å². The van der Waals surface area contributed by atoms with Crippen LogP contribution in [0.4, 0.5) is 5.69 Å². The van der Waals surface area contributed by atoms with E-state index < -0.39 is 28.5 Å². The highest BCUT2D eigenvalue weighted by molar-refractivity contribution is 7.92. The van der Waals surface area contributed by atoms with E-state index in [0.717, 1.165) is 30.0 Å². The van der Waals surface area contributed by atoms with E-state index in [2.05, 4.69) is 5.32 Å². The fourth-order valence-corrected chi connectivity index (χ4v) is 6.59. The summed E-state index contributed by atoms with van der Waals surface area (Å²) in [7, 11) is -4.20. The molecule has 0 aromatic heterocycles. The van der Waals surface area contributed by atoms with Crippen LogP contribution in [-0.4, -0.2) is 43.8 Å². The van der Waals surface area contributed by atoms with Gasteiger partial charge in [-0.1, -0.05) is 84.0 Å². The van der Waals surface area contributed by atoms with Crippen molar-refractivity contribution >= 4 is 62.3 Å². The van der Waals surface area contributed by atoms with E-state index in [0.29, 0.717) is 10.6 Å². The maximum absolute atomic E-state index is 14.0. The quantitative estimate of drug-likeness (QED) is 0.287. The number of halogens is 3. The summed E-state index contributed by atoms with van der Waals surface area (Å²) in [5.74, 6) is -0.890. The zero-order valence-electron chi connectivity index (χ0n) is 21.9. The molecule has 0 radical (unpaired) electrons. The van der Waals surface area contributed by atoms with Gasteiger partial charge in [-0.2, -0.15) is 0 Å². The number of nitrogens with zero attached hydrogens (tertiary/aromatic N) is 2. The molecule has 1 saturated carbocycles. The molecule has 1 aliphatic rings. The summed E-state index contributed by atoms with van der Waals surface area (Å²) in [6.07, 6.45) is 3.85. The van der Waals surface area contributed by atoms with Crippen LogP contribution in [0.2, 0.25) is 15.1 Å². The average Bonchev–Trinajstić information content (AvgIpc) is 3.46. The van der Waals surface area contributed by atoms with Crippen molar-refractivity contribution < 1.29 is 18.0 Å². The Morgan fingerprint density at radius 2 is 1.55 bits per heavy atom. The predicted molar refractivity (Wildman–Crippen MR) is 159 cm³/mol. The Hall–Kier alpha value is -2.78. The van der Waals surface area contributed by atoms with E-state index in [-0.39, 0.29) is 39.1 Å². The molecular formula is C29H30Cl3N3O4S. The van der Waals surface area contributed by atoms with Crippen LogP contribution < -0.4 is 9.62 Å². The van der Waals surface area contributed by atoms with Gasteiger partial charge in [-0.15, -0.1) is 0 Å². The molecule has 212 valence electrons. The van der Waals surface area contributed by atoms with Crippen molar-refractivity contribution in [3.05, 3.63) is 93.4 Å². The summed E-state index contributed by atoms with van der Waals surface area (Å²) in [5.41, 5.74) is 0.789. The fraction of sp³-hybridized carbons (Fsp3) is 0.310. The van der Waals surface area contributed by atoms with Crippen molar-refractivity contribution in [3.8, 4) is 0 Å². The Kier molecular flexibility index (Phi) is 10.0. The Labute approximate surface area is 250 Å². The lowest BCUT2D eigenvalue weighted by molar-refractivity contribution is -0.139. The zero-order valence-corrected chi connectivity index (χ0v) is 25.0. The number of hydrogen-bond donors (Lipinski definition) is 1. The number of carbonyl (C=O) groups is 2. The van der Waals surface area contributed by atoms with Gasteiger partial charge >= 0.3 is 0 Å². The number of nitrogens with one attached hydrogen (secondary N) is 1. The highest BCUT2D eigenvalue weighted by Gasteiger charge is 2.33. The summed E-state index contributed by atoms with van der Waals surface area (Å²) in [6, 6.07) is 18.3. The van der Waals surface area contributed by atoms with Gasteiger partial charge in [-0.05, 0) is 61.7 Å². The van der Waals surface area contributed by atoms with Crippen LogP contribution in [0.25, 0.3) is 0 Å². The van der Waals surface area contributed by atoms with E-state index in [1.165, 1.54) is 35.2 Å². The normalized spacial score (nSPS) is 14.5. The predicted octanol–water partition coefficient (Wildman–Crippen LogP) is 6.32. The molecule has 0 heterocycles. The lowest BCUT2D eigenvalue weighted by Gasteiger charge is -2.32. The molecule has 0 saturated heterocycles. The topological polar surface area (TPSA) is 86.8 Å². The van der Waals surface area contributed by atoms with Crippen molar-refractivity contribution in [3.63, 3.8) is 0 Å². The van der Waals surface area contributed by atoms with Crippen LogP contribution in [0, 0.1) is 0 Å². The van der Waals surface area contributed by atoms with E-state index >= 15 is 0 Å². The minimum absolute atomic E-state index is 0.00134. The molecular weight excluding hydrogens is 593 g/mol. The molecule has 7 nitrogen and oxygen atoms in total. The van der Waals surface area contributed by atoms with E-state index in [1.807, 2.05) is 0 Å². The van der Waals surface area contributed by atoms with Crippen LogP contribution in [-0.2, 0) is 26.2 Å². The SMILES string of the molecule is C[C@@H](C(=O)NC1CCCC1)N(Cc1ccccc1Cl)C(=O)CN(c1ccc(Cl)c(Cl)c1)S(=O)(=O)c1ccccc1. The Morgan fingerprint density at radius 3 is 2.20 bits per heavy atom. The second kappa shape index (κ2) is 13.3. The van der Waals surface area contributed by atoms with E-state index in [1.54, 1.807) is 49.4 Å². The third kappa shape index (κ3) is 7.10. The first-order valence-electron chi connectivity index (χ1n) is 12.9.